The first-order chi connectivity index (χ1) is 6.31. The Bertz CT molecular complexity index is 402. The third kappa shape index (κ3) is 1.49. The van der Waals surface area contributed by atoms with Gasteiger partial charge in [0.25, 0.3) is 0 Å². The van der Waals surface area contributed by atoms with Gasteiger partial charge in [-0.1, -0.05) is 6.92 Å². The Morgan fingerprint density at radius 1 is 1.54 bits per heavy atom. The monoisotopic (exact) mass is 193 g/mol. The second kappa shape index (κ2) is 3.30. The number of hydrogen-bond donors (Lipinski definition) is 1. The van der Waals surface area contributed by atoms with Crippen LogP contribution < -0.4 is 0 Å². The van der Waals surface area contributed by atoms with Crippen molar-refractivity contribution in [2.45, 2.75) is 20.3 Å². The molecular formula is C9H11N3S. The van der Waals surface area contributed by atoms with Crippen molar-refractivity contribution in [2.24, 2.45) is 0 Å². The Morgan fingerprint density at radius 2 is 2.38 bits per heavy atom. The predicted octanol–water partition coefficient (Wildman–Crippen LogP) is 2.40. The van der Waals surface area contributed by atoms with Crippen LogP contribution in [0.1, 0.15) is 18.3 Å². The Hall–Kier alpha value is -1.16. The van der Waals surface area contributed by atoms with Gasteiger partial charge in [0, 0.05) is 6.42 Å². The fraction of sp³-hybridized carbons (Fsp3) is 0.333. The SMILES string of the molecule is CCc1nc(-c2sccc2C)n[nH]1. The second-order valence-electron chi connectivity index (χ2n) is 2.89. The first kappa shape index (κ1) is 8.44. The van der Waals surface area contributed by atoms with Gasteiger partial charge in [0.05, 0.1) is 4.88 Å². The lowest BCUT2D eigenvalue weighted by Gasteiger charge is -1.89. The zero-order valence-electron chi connectivity index (χ0n) is 7.66. The van der Waals surface area contributed by atoms with E-state index in [9.17, 15) is 0 Å². The summed E-state index contributed by atoms with van der Waals surface area (Å²) in [6.07, 6.45) is 0.900. The van der Waals surface area contributed by atoms with E-state index in [1.54, 1.807) is 11.3 Å². The van der Waals surface area contributed by atoms with Crippen LogP contribution in [0.15, 0.2) is 11.4 Å². The van der Waals surface area contributed by atoms with Gasteiger partial charge >= 0.3 is 0 Å². The van der Waals surface area contributed by atoms with Crippen LogP contribution in [0.2, 0.25) is 0 Å². The van der Waals surface area contributed by atoms with Crippen LogP contribution in [-0.2, 0) is 6.42 Å². The minimum absolute atomic E-state index is 0.823. The van der Waals surface area contributed by atoms with Gasteiger partial charge < -0.3 is 0 Å². The molecule has 0 atom stereocenters. The van der Waals surface area contributed by atoms with Gasteiger partial charge in [0.1, 0.15) is 5.82 Å². The topological polar surface area (TPSA) is 41.6 Å². The van der Waals surface area contributed by atoms with E-state index in [0.29, 0.717) is 0 Å². The van der Waals surface area contributed by atoms with Crippen LogP contribution in [0, 0.1) is 6.92 Å². The number of H-pyrrole nitrogens is 1. The van der Waals surface area contributed by atoms with E-state index >= 15 is 0 Å². The molecular weight excluding hydrogens is 182 g/mol. The molecule has 0 spiro atoms. The van der Waals surface area contributed by atoms with Crippen LogP contribution in [0.4, 0.5) is 0 Å². The molecule has 3 nitrogen and oxygen atoms in total. The van der Waals surface area contributed by atoms with Gasteiger partial charge in [-0.25, -0.2) is 4.98 Å². The first-order valence-corrected chi connectivity index (χ1v) is 5.15. The summed E-state index contributed by atoms with van der Waals surface area (Å²) in [6, 6.07) is 2.09. The van der Waals surface area contributed by atoms with Crippen LogP contribution in [0.25, 0.3) is 10.7 Å². The number of nitrogens with one attached hydrogen (secondary N) is 1. The maximum atomic E-state index is 4.38. The molecule has 2 aromatic heterocycles. The van der Waals surface area contributed by atoms with Crippen LogP contribution in [-0.4, -0.2) is 15.2 Å². The third-order valence-electron chi connectivity index (χ3n) is 1.93. The van der Waals surface area contributed by atoms with Gasteiger partial charge in [0.2, 0.25) is 0 Å². The maximum absolute atomic E-state index is 4.38. The van der Waals surface area contributed by atoms with Crippen molar-refractivity contribution >= 4 is 11.3 Å². The van der Waals surface area contributed by atoms with Crippen LogP contribution in [0.5, 0.6) is 0 Å². The van der Waals surface area contributed by atoms with E-state index in [0.717, 1.165) is 22.9 Å². The number of nitrogens with zero attached hydrogens (tertiary/aromatic N) is 2. The molecule has 68 valence electrons. The number of rotatable bonds is 2. The summed E-state index contributed by atoms with van der Waals surface area (Å²) in [6.45, 7) is 4.14. The molecule has 2 aromatic rings. The summed E-state index contributed by atoms with van der Waals surface area (Å²) in [4.78, 5) is 5.54. The highest BCUT2D eigenvalue weighted by molar-refractivity contribution is 7.13. The number of hydrogen-bond acceptors (Lipinski definition) is 3. The fourth-order valence-corrected chi connectivity index (χ4v) is 2.02. The summed E-state index contributed by atoms with van der Waals surface area (Å²) in [5.74, 6) is 1.77. The molecule has 2 rings (SSSR count). The number of thiophene rings is 1. The molecule has 0 aliphatic carbocycles. The summed E-state index contributed by atoms with van der Waals surface area (Å²) in [5.41, 5.74) is 1.24. The average Bonchev–Trinajstić information content (AvgIpc) is 2.71. The lowest BCUT2D eigenvalue weighted by molar-refractivity contribution is 0.946. The summed E-state index contributed by atoms with van der Waals surface area (Å²) >= 11 is 1.68. The van der Waals surface area contributed by atoms with Gasteiger partial charge in [-0.15, -0.1) is 11.3 Å². The van der Waals surface area contributed by atoms with Crippen LogP contribution >= 0.6 is 11.3 Å². The molecule has 13 heavy (non-hydrogen) atoms. The lowest BCUT2D eigenvalue weighted by atomic mass is 10.3. The average molecular weight is 193 g/mol. The molecule has 4 heteroatoms. The molecule has 0 radical (unpaired) electrons. The normalized spacial score (nSPS) is 10.6. The van der Waals surface area contributed by atoms with E-state index in [-0.39, 0.29) is 0 Å². The van der Waals surface area contributed by atoms with Gasteiger partial charge in [-0.3, -0.25) is 5.10 Å². The highest BCUT2D eigenvalue weighted by Gasteiger charge is 2.08. The van der Waals surface area contributed by atoms with Gasteiger partial charge in [0.15, 0.2) is 5.82 Å². The fourth-order valence-electron chi connectivity index (χ4n) is 1.16. The Morgan fingerprint density at radius 3 is 2.92 bits per heavy atom. The second-order valence-corrected chi connectivity index (χ2v) is 3.81. The van der Waals surface area contributed by atoms with Gasteiger partial charge in [-0.05, 0) is 23.9 Å². The van der Waals surface area contributed by atoms with Gasteiger partial charge in [-0.2, -0.15) is 5.10 Å². The minimum atomic E-state index is 0.823. The molecule has 0 saturated carbocycles. The predicted molar refractivity (Wildman–Crippen MR) is 53.8 cm³/mol. The molecule has 0 saturated heterocycles. The summed E-state index contributed by atoms with van der Waals surface area (Å²) in [5, 5.41) is 9.14. The largest absolute Gasteiger partial charge is 0.263 e. The molecule has 0 amide bonds. The zero-order valence-corrected chi connectivity index (χ0v) is 8.48. The molecule has 0 fully saturated rings. The third-order valence-corrected chi connectivity index (χ3v) is 2.94. The molecule has 0 aromatic carbocycles. The van der Waals surface area contributed by atoms with E-state index in [2.05, 4.69) is 40.5 Å². The highest BCUT2D eigenvalue weighted by Crippen LogP contribution is 2.25. The molecule has 0 aliphatic rings. The first-order valence-electron chi connectivity index (χ1n) is 4.27. The van der Waals surface area contributed by atoms with Crippen molar-refractivity contribution in [3.05, 3.63) is 22.8 Å². The zero-order chi connectivity index (χ0) is 9.26. The maximum Gasteiger partial charge on any atom is 0.191 e. The van der Waals surface area contributed by atoms with Crippen LogP contribution in [0.3, 0.4) is 0 Å². The van der Waals surface area contributed by atoms with Crippen molar-refractivity contribution in [3.8, 4) is 10.7 Å². The molecule has 1 N–H and O–H groups in total. The highest BCUT2D eigenvalue weighted by atomic mass is 32.1. The Balaban J connectivity index is 2.41. The van der Waals surface area contributed by atoms with Crippen molar-refractivity contribution in [1.29, 1.82) is 0 Å². The standard InChI is InChI=1S/C9H11N3S/c1-3-7-10-9(12-11-7)8-6(2)4-5-13-8/h4-5H,3H2,1-2H3,(H,10,11,12). The molecule has 0 unspecified atom stereocenters. The van der Waals surface area contributed by atoms with E-state index < -0.39 is 0 Å². The summed E-state index contributed by atoms with van der Waals surface area (Å²) < 4.78 is 0. The lowest BCUT2D eigenvalue weighted by Crippen LogP contribution is -1.81. The molecule has 2 heterocycles. The Kier molecular flexibility index (Phi) is 2.14. The molecule has 0 bridgehead atoms. The van der Waals surface area contributed by atoms with E-state index in [1.165, 1.54) is 5.56 Å². The quantitative estimate of drug-likeness (QED) is 0.795. The molecule has 0 aliphatic heterocycles. The number of aromatic nitrogens is 3. The minimum Gasteiger partial charge on any atom is -0.263 e. The van der Waals surface area contributed by atoms with Crippen molar-refractivity contribution in [1.82, 2.24) is 15.2 Å². The number of aryl methyl sites for hydroxylation is 2. The smallest absolute Gasteiger partial charge is 0.191 e. The number of aromatic amines is 1. The van der Waals surface area contributed by atoms with E-state index in [1.807, 2.05) is 0 Å². The van der Waals surface area contributed by atoms with E-state index in [4.69, 9.17) is 0 Å². The van der Waals surface area contributed by atoms with Crippen molar-refractivity contribution < 1.29 is 0 Å². The summed E-state index contributed by atoms with van der Waals surface area (Å²) in [7, 11) is 0. The van der Waals surface area contributed by atoms with Crippen molar-refractivity contribution in [2.75, 3.05) is 0 Å². The Labute approximate surface area is 80.8 Å². The van der Waals surface area contributed by atoms with Crippen molar-refractivity contribution in [3.63, 3.8) is 0 Å².